The molecule has 0 saturated heterocycles. The Labute approximate surface area is 117 Å². The fraction of sp³-hybridized carbons (Fsp3) is 0.0833. The fourth-order valence-corrected chi connectivity index (χ4v) is 2.12. The van der Waals surface area contributed by atoms with Crippen molar-refractivity contribution in [2.45, 2.75) is 4.90 Å². The van der Waals surface area contributed by atoms with Crippen LogP contribution in [0.3, 0.4) is 0 Å². The second kappa shape index (κ2) is 5.97. The molecule has 18 heavy (non-hydrogen) atoms. The van der Waals surface area contributed by atoms with E-state index in [0.717, 1.165) is 10.6 Å². The molecule has 0 aliphatic heterocycles. The Hall–Kier alpha value is -1.40. The molecule has 0 atom stereocenters. The molecule has 0 fully saturated rings. The van der Waals surface area contributed by atoms with Gasteiger partial charge >= 0.3 is 6.03 Å². The van der Waals surface area contributed by atoms with E-state index in [9.17, 15) is 4.79 Å². The lowest BCUT2D eigenvalue weighted by molar-refractivity contribution is 0.261. The maximum absolute atomic E-state index is 11.7. The van der Waals surface area contributed by atoms with E-state index in [1.807, 2.05) is 30.5 Å². The molecule has 1 aromatic carbocycles. The number of urea groups is 1. The summed E-state index contributed by atoms with van der Waals surface area (Å²) in [6.07, 6.45) is 1.99. The Balaban J connectivity index is 1.98. The number of thioether (sulfide) groups is 1. The third kappa shape index (κ3) is 3.54. The molecule has 0 saturated carbocycles. The Bertz CT molecular complexity index is 557. The van der Waals surface area contributed by atoms with Crippen molar-refractivity contribution in [3.05, 3.63) is 41.1 Å². The Morgan fingerprint density at radius 1 is 1.28 bits per heavy atom. The fourth-order valence-electron chi connectivity index (χ4n) is 1.36. The monoisotopic (exact) mass is 326 g/mol. The first-order valence-electron chi connectivity index (χ1n) is 5.15. The number of nitrogens with one attached hydrogen (secondary N) is 2. The molecule has 2 amide bonds. The molecule has 2 N–H and O–H groups in total. The van der Waals surface area contributed by atoms with Crippen LogP contribution in [0.2, 0.25) is 0 Å². The minimum absolute atomic E-state index is 0.338. The van der Waals surface area contributed by atoms with Crippen molar-refractivity contribution >= 4 is 45.3 Å². The van der Waals surface area contributed by atoms with Crippen molar-refractivity contribution < 1.29 is 9.21 Å². The van der Waals surface area contributed by atoms with Gasteiger partial charge < -0.3 is 9.73 Å². The van der Waals surface area contributed by atoms with Crippen LogP contribution in [0.5, 0.6) is 0 Å². The van der Waals surface area contributed by atoms with Gasteiger partial charge in [-0.05, 0) is 46.5 Å². The van der Waals surface area contributed by atoms with Gasteiger partial charge in [-0.3, -0.25) is 5.32 Å². The minimum atomic E-state index is -0.338. The van der Waals surface area contributed by atoms with Crippen LogP contribution in [0.15, 0.2) is 50.4 Å². The molecule has 0 unspecified atom stereocenters. The van der Waals surface area contributed by atoms with Crippen molar-refractivity contribution in [1.29, 1.82) is 0 Å². The number of hydrogen-bond donors (Lipinski definition) is 2. The highest BCUT2D eigenvalue weighted by atomic mass is 79.9. The number of amides is 2. The van der Waals surface area contributed by atoms with Crippen LogP contribution in [0.25, 0.3) is 0 Å². The molecule has 0 bridgehead atoms. The Kier molecular flexibility index (Phi) is 4.33. The summed E-state index contributed by atoms with van der Waals surface area (Å²) in [5.41, 5.74) is 0.741. The Morgan fingerprint density at radius 2 is 2.11 bits per heavy atom. The predicted molar refractivity (Wildman–Crippen MR) is 77.3 cm³/mol. The first-order valence-corrected chi connectivity index (χ1v) is 7.16. The van der Waals surface area contributed by atoms with E-state index in [2.05, 4.69) is 26.6 Å². The molecule has 2 aromatic rings. The highest BCUT2D eigenvalue weighted by molar-refractivity contribution is 9.10. The maximum Gasteiger partial charge on any atom is 0.326 e. The third-order valence-electron chi connectivity index (χ3n) is 2.14. The van der Waals surface area contributed by atoms with Crippen molar-refractivity contribution in [2.75, 3.05) is 16.9 Å². The van der Waals surface area contributed by atoms with Crippen LogP contribution in [0, 0.1) is 0 Å². The summed E-state index contributed by atoms with van der Waals surface area (Å²) < 4.78 is 5.75. The lowest BCUT2D eigenvalue weighted by atomic mass is 10.3. The summed E-state index contributed by atoms with van der Waals surface area (Å²) in [5, 5.41) is 5.33. The number of benzene rings is 1. The van der Waals surface area contributed by atoms with Crippen LogP contribution in [-0.4, -0.2) is 12.3 Å². The van der Waals surface area contributed by atoms with Gasteiger partial charge in [-0.1, -0.05) is 6.07 Å². The second-order valence-corrected chi connectivity index (χ2v) is 5.08. The maximum atomic E-state index is 11.7. The summed E-state index contributed by atoms with van der Waals surface area (Å²) in [6, 6.07) is 10.7. The molecule has 0 spiro atoms. The lowest BCUT2D eigenvalue weighted by Gasteiger charge is -2.06. The number of halogens is 1. The van der Waals surface area contributed by atoms with Gasteiger partial charge in [-0.15, -0.1) is 11.8 Å². The average Bonchev–Trinajstić information content (AvgIpc) is 2.74. The highest BCUT2D eigenvalue weighted by Gasteiger charge is 2.05. The summed E-state index contributed by atoms with van der Waals surface area (Å²) in [6.45, 7) is 0. The number of hydrogen-bond acceptors (Lipinski definition) is 3. The summed E-state index contributed by atoms with van der Waals surface area (Å²) in [5.74, 6) is 0.389. The van der Waals surface area contributed by atoms with Gasteiger partial charge in [-0.25, -0.2) is 4.79 Å². The van der Waals surface area contributed by atoms with Crippen molar-refractivity contribution in [3.63, 3.8) is 0 Å². The zero-order chi connectivity index (χ0) is 13.0. The second-order valence-electron chi connectivity index (χ2n) is 3.41. The number of carbonyl (C=O) groups is 1. The number of anilines is 2. The zero-order valence-electron chi connectivity index (χ0n) is 9.57. The van der Waals surface area contributed by atoms with Crippen LogP contribution in [0.4, 0.5) is 16.4 Å². The van der Waals surface area contributed by atoms with Crippen LogP contribution in [0.1, 0.15) is 0 Å². The van der Waals surface area contributed by atoms with Crippen LogP contribution in [-0.2, 0) is 0 Å². The zero-order valence-corrected chi connectivity index (χ0v) is 12.0. The first kappa shape index (κ1) is 13.0. The minimum Gasteiger partial charge on any atom is -0.434 e. The number of rotatable bonds is 3. The van der Waals surface area contributed by atoms with Crippen molar-refractivity contribution in [3.8, 4) is 0 Å². The number of carbonyl (C=O) groups excluding carboxylic acids is 1. The van der Waals surface area contributed by atoms with Gasteiger partial charge in [0.1, 0.15) is 0 Å². The quantitative estimate of drug-likeness (QED) is 0.821. The molecule has 1 aromatic heterocycles. The van der Waals surface area contributed by atoms with E-state index in [1.165, 1.54) is 0 Å². The van der Waals surface area contributed by atoms with E-state index < -0.39 is 0 Å². The van der Waals surface area contributed by atoms with Crippen molar-refractivity contribution in [2.24, 2.45) is 0 Å². The van der Waals surface area contributed by atoms with Gasteiger partial charge in [0, 0.05) is 16.6 Å². The van der Waals surface area contributed by atoms with Gasteiger partial charge in [0.15, 0.2) is 4.67 Å². The molecule has 0 aliphatic rings. The van der Waals surface area contributed by atoms with E-state index in [4.69, 9.17) is 4.42 Å². The molecule has 1 heterocycles. The predicted octanol–water partition coefficient (Wildman–Crippen LogP) is 4.41. The molecule has 0 aliphatic carbocycles. The van der Waals surface area contributed by atoms with Gasteiger partial charge in [0.2, 0.25) is 5.88 Å². The topological polar surface area (TPSA) is 54.3 Å². The molecule has 94 valence electrons. The Morgan fingerprint density at radius 3 is 2.78 bits per heavy atom. The highest BCUT2D eigenvalue weighted by Crippen LogP contribution is 2.20. The molecule has 4 nitrogen and oxygen atoms in total. The van der Waals surface area contributed by atoms with Crippen LogP contribution < -0.4 is 10.6 Å². The van der Waals surface area contributed by atoms with Crippen molar-refractivity contribution in [1.82, 2.24) is 0 Å². The normalized spacial score (nSPS) is 10.1. The molecular formula is C12H11BrN2O2S. The van der Waals surface area contributed by atoms with Gasteiger partial charge in [0.25, 0.3) is 0 Å². The smallest absolute Gasteiger partial charge is 0.326 e. The standard InChI is InChI=1S/C12H11BrN2O2S/c1-18-9-4-2-3-8(7-9)14-12(16)15-11-6-5-10(13)17-11/h2-7H,1H3,(H2,14,15,16). The largest absolute Gasteiger partial charge is 0.434 e. The summed E-state index contributed by atoms with van der Waals surface area (Å²) in [7, 11) is 0. The van der Waals surface area contributed by atoms with E-state index in [1.54, 1.807) is 23.9 Å². The average molecular weight is 327 g/mol. The van der Waals surface area contributed by atoms with E-state index in [-0.39, 0.29) is 6.03 Å². The van der Waals surface area contributed by atoms with Gasteiger partial charge in [0.05, 0.1) is 0 Å². The molecule has 0 radical (unpaired) electrons. The lowest BCUT2D eigenvalue weighted by Crippen LogP contribution is -2.18. The van der Waals surface area contributed by atoms with E-state index in [0.29, 0.717) is 10.6 Å². The van der Waals surface area contributed by atoms with Gasteiger partial charge in [-0.2, -0.15) is 0 Å². The number of furan rings is 1. The first-order chi connectivity index (χ1) is 8.67. The molecule has 2 rings (SSSR count). The van der Waals surface area contributed by atoms with Crippen LogP contribution >= 0.6 is 27.7 Å². The van der Waals surface area contributed by atoms with E-state index >= 15 is 0 Å². The molecular weight excluding hydrogens is 316 g/mol. The summed E-state index contributed by atoms with van der Waals surface area (Å²) >= 11 is 4.79. The third-order valence-corrected chi connectivity index (χ3v) is 3.29. The SMILES string of the molecule is CSc1cccc(NC(=O)Nc2ccc(Br)o2)c1. The summed E-state index contributed by atoms with van der Waals surface area (Å²) in [4.78, 5) is 12.8. The molecule has 6 heteroatoms.